The van der Waals surface area contributed by atoms with Gasteiger partial charge in [0.1, 0.15) is 0 Å². The molecule has 0 nitrogen and oxygen atoms in total. The molecule has 0 fully saturated rings. The van der Waals surface area contributed by atoms with Gasteiger partial charge in [0.15, 0.2) is 0 Å². The van der Waals surface area contributed by atoms with E-state index in [1.54, 1.807) is 0 Å². The van der Waals surface area contributed by atoms with Crippen LogP contribution in [0.15, 0.2) is 30.3 Å². The van der Waals surface area contributed by atoms with Gasteiger partial charge in [-0.05, 0) is 18.9 Å². The lowest BCUT2D eigenvalue weighted by Crippen LogP contribution is -2.12. The molecule has 0 saturated heterocycles. The van der Waals surface area contributed by atoms with E-state index in [1.807, 2.05) is 0 Å². The molecule has 1 atom stereocenters. The standard InChI is InChI=1S/C18H29Br/c1-3-4-5-6-7-8-9-13-16-18(2,19)17-14-11-10-12-15-17/h10-12,14-15H,3-9,13,16H2,1-2H3. The van der Waals surface area contributed by atoms with Crippen LogP contribution in [0.25, 0.3) is 0 Å². The third-order valence-corrected chi connectivity index (χ3v) is 4.73. The number of benzene rings is 1. The number of rotatable bonds is 10. The fourth-order valence-electron chi connectivity index (χ4n) is 2.52. The summed E-state index contributed by atoms with van der Waals surface area (Å²) in [6.45, 7) is 4.57. The van der Waals surface area contributed by atoms with Crippen molar-refractivity contribution in [3.63, 3.8) is 0 Å². The largest absolute Gasteiger partial charge is 0.0804 e. The Labute approximate surface area is 128 Å². The SMILES string of the molecule is CCCCCCCCCCC(C)(Br)c1ccccc1. The molecular weight excluding hydrogens is 296 g/mol. The summed E-state index contributed by atoms with van der Waals surface area (Å²) in [5, 5.41) is 0. The van der Waals surface area contributed by atoms with Gasteiger partial charge in [-0.3, -0.25) is 0 Å². The summed E-state index contributed by atoms with van der Waals surface area (Å²) < 4.78 is 0.149. The Morgan fingerprint density at radius 1 is 0.842 bits per heavy atom. The molecule has 19 heavy (non-hydrogen) atoms. The highest BCUT2D eigenvalue weighted by Gasteiger charge is 2.21. The van der Waals surface area contributed by atoms with Gasteiger partial charge >= 0.3 is 0 Å². The van der Waals surface area contributed by atoms with Crippen molar-refractivity contribution in [2.75, 3.05) is 0 Å². The van der Waals surface area contributed by atoms with Gasteiger partial charge < -0.3 is 0 Å². The van der Waals surface area contributed by atoms with E-state index in [4.69, 9.17) is 0 Å². The number of hydrogen-bond acceptors (Lipinski definition) is 0. The van der Waals surface area contributed by atoms with Crippen LogP contribution >= 0.6 is 15.9 Å². The van der Waals surface area contributed by atoms with Gasteiger partial charge in [0.25, 0.3) is 0 Å². The number of unbranched alkanes of at least 4 members (excludes halogenated alkanes) is 7. The van der Waals surface area contributed by atoms with E-state index in [-0.39, 0.29) is 4.32 Å². The number of alkyl halides is 1. The lowest BCUT2D eigenvalue weighted by atomic mass is 9.94. The fourth-order valence-corrected chi connectivity index (χ4v) is 3.07. The van der Waals surface area contributed by atoms with Crippen molar-refractivity contribution in [2.24, 2.45) is 0 Å². The van der Waals surface area contributed by atoms with Crippen molar-refractivity contribution in [2.45, 2.75) is 76.0 Å². The van der Waals surface area contributed by atoms with Crippen molar-refractivity contribution in [1.82, 2.24) is 0 Å². The van der Waals surface area contributed by atoms with E-state index in [1.165, 1.54) is 63.4 Å². The first-order chi connectivity index (χ1) is 9.17. The Bertz CT molecular complexity index is 316. The van der Waals surface area contributed by atoms with Crippen molar-refractivity contribution >= 4 is 15.9 Å². The molecule has 1 aromatic rings. The van der Waals surface area contributed by atoms with Gasteiger partial charge in [0.2, 0.25) is 0 Å². The monoisotopic (exact) mass is 324 g/mol. The zero-order chi connectivity index (χ0) is 14.0. The summed E-state index contributed by atoms with van der Waals surface area (Å²) in [5.41, 5.74) is 1.40. The molecule has 1 unspecified atom stereocenters. The number of hydrogen-bond donors (Lipinski definition) is 0. The van der Waals surface area contributed by atoms with Crippen LogP contribution in [-0.2, 0) is 4.32 Å². The molecule has 0 radical (unpaired) electrons. The van der Waals surface area contributed by atoms with Crippen molar-refractivity contribution in [3.8, 4) is 0 Å². The van der Waals surface area contributed by atoms with Crippen LogP contribution in [0, 0.1) is 0 Å². The minimum absolute atomic E-state index is 0.149. The van der Waals surface area contributed by atoms with Gasteiger partial charge in [0.05, 0.1) is 0 Å². The second-order valence-electron chi connectivity index (χ2n) is 5.79. The first kappa shape index (κ1) is 16.8. The molecule has 0 heterocycles. The van der Waals surface area contributed by atoms with E-state index in [0.717, 1.165) is 0 Å². The fraction of sp³-hybridized carbons (Fsp3) is 0.667. The average Bonchev–Trinajstić information content (AvgIpc) is 2.43. The van der Waals surface area contributed by atoms with E-state index in [2.05, 4.69) is 60.1 Å². The Morgan fingerprint density at radius 2 is 1.37 bits per heavy atom. The van der Waals surface area contributed by atoms with E-state index in [9.17, 15) is 0 Å². The van der Waals surface area contributed by atoms with E-state index in [0.29, 0.717) is 0 Å². The molecule has 0 aliphatic carbocycles. The molecule has 0 aliphatic rings. The van der Waals surface area contributed by atoms with Gasteiger partial charge in [0, 0.05) is 4.32 Å². The molecule has 0 spiro atoms. The Kier molecular flexibility index (Phi) is 8.45. The molecular formula is C18H29Br. The lowest BCUT2D eigenvalue weighted by molar-refractivity contribution is 0.529. The molecule has 0 bridgehead atoms. The van der Waals surface area contributed by atoms with Crippen molar-refractivity contribution in [3.05, 3.63) is 35.9 Å². The van der Waals surface area contributed by atoms with Gasteiger partial charge in [-0.1, -0.05) is 105 Å². The smallest absolute Gasteiger partial charge is 0.0477 e. The summed E-state index contributed by atoms with van der Waals surface area (Å²) in [6.07, 6.45) is 12.4. The van der Waals surface area contributed by atoms with Crippen molar-refractivity contribution in [1.29, 1.82) is 0 Å². The molecule has 1 heteroatoms. The normalized spacial score (nSPS) is 14.3. The van der Waals surface area contributed by atoms with E-state index < -0.39 is 0 Å². The zero-order valence-electron chi connectivity index (χ0n) is 12.6. The molecule has 1 rings (SSSR count). The zero-order valence-corrected chi connectivity index (χ0v) is 14.2. The lowest BCUT2D eigenvalue weighted by Gasteiger charge is -2.23. The third kappa shape index (κ3) is 7.15. The minimum Gasteiger partial charge on any atom is -0.0804 e. The maximum absolute atomic E-state index is 3.89. The molecule has 0 saturated carbocycles. The molecule has 108 valence electrons. The maximum atomic E-state index is 3.89. The quantitative estimate of drug-likeness (QED) is 0.327. The van der Waals surface area contributed by atoms with Gasteiger partial charge in [-0.25, -0.2) is 0 Å². The van der Waals surface area contributed by atoms with Crippen molar-refractivity contribution < 1.29 is 0 Å². The molecule has 1 aromatic carbocycles. The van der Waals surface area contributed by atoms with Crippen LogP contribution in [0.5, 0.6) is 0 Å². The second-order valence-corrected chi connectivity index (χ2v) is 7.54. The predicted molar refractivity (Wildman–Crippen MR) is 89.9 cm³/mol. The van der Waals surface area contributed by atoms with Crippen LogP contribution in [0.1, 0.15) is 77.2 Å². The van der Waals surface area contributed by atoms with Crippen LogP contribution in [-0.4, -0.2) is 0 Å². The first-order valence-electron chi connectivity index (χ1n) is 7.91. The predicted octanol–water partition coefficient (Wildman–Crippen LogP) is 6.83. The van der Waals surface area contributed by atoms with Gasteiger partial charge in [-0.15, -0.1) is 0 Å². The summed E-state index contributed by atoms with van der Waals surface area (Å²) in [7, 11) is 0. The Hall–Kier alpha value is -0.300. The highest BCUT2D eigenvalue weighted by atomic mass is 79.9. The second kappa shape index (κ2) is 9.58. The minimum atomic E-state index is 0.149. The molecule has 0 N–H and O–H groups in total. The first-order valence-corrected chi connectivity index (χ1v) is 8.70. The maximum Gasteiger partial charge on any atom is 0.0477 e. The van der Waals surface area contributed by atoms with Crippen LogP contribution in [0.3, 0.4) is 0 Å². The molecule has 0 amide bonds. The Balaban J connectivity index is 2.12. The van der Waals surface area contributed by atoms with Crippen LogP contribution < -0.4 is 0 Å². The molecule has 0 aromatic heterocycles. The van der Waals surface area contributed by atoms with Gasteiger partial charge in [-0.2, -0.15) is 0 Å². The summed E-state index contributed by atoms with van der Waals surface area (Å²) in [6, 6.07) is 10.8. The van der Waals surface area contributed by atoms with E-state index >= 15 is 0 Å². The molecule has 0 aliphatic heterocycles. The topological polar surface area (TPSA) is 0 Å². The summed E-state index contributed by atoms with van der Waals surface area (Å²) in [5.74, 6) is 0. The average molecular weight is 325 g/mol. The van der Waals surface area contributed by atoms with Crippen LogP contribution in [0.4, 0.5) is 0 Å². The third-order valence-electron chi connectivity index (χ3n) is 3.88. The summed E-state index contributed by atoms with van der Waals surface area (Å²) in [4.78, 5) is 0. The Morgan fingerprint density at radius 3 is 1.95 bits per heavy atom. The number of halogens is 1. The highest BCUT2D eigenvalue weighted by Crippen LogP contribution is 2.36. The summed E-state index contributed by atoms with van der Waals surface area (Å²) >= 11 is 3.89. The van der Waals surface area contributed by atoms with Crippen LogP contribution in [0.2, 0.25) is 0 Å². The highest BCUT2D eigenvalue weighted by molar-refractivity contribution is 9.09.